The van der Waals surface area contributed by atoms with E-state index in [0.29, 0.717) is 18.4 Å². The van der Waals surface area contributed by atoms with Crippen LogP contribution in [0.15, 0.2) is 0 Å². The maximum atomic E-state index is 5.44. The van der Waals surface area contributed by atoms with Crippen LogP contribution in [0.5, 0.6) is 0 Å². The van der Waals surface area contributed by atoms with E-state index in [1.54, 1.807) is 0 Å². The highest BCUT2D eigenvalue weighted by Gasteiger charge is 2.01. The number of halogens is 2. The molecular formula is C5H10Cl2O. The molecule has 0 aromatic heterocycles. The van der Waals surface area contributed by atoms with E-state index in [2.05, 4.69) is 0 Å². The molecule has 0 aliphatic heterocycles. The van der Waals surface area contributed by atoms with Crippen LogP contribution in [0.1, 0.15) is 6.92 Å². The van der Waals surface area contributed by atoms with Gasteiger partial charge in [0.25, 0.3) is 0 Å². The lowest BCUT2D eigenvalue weighted by Crippen LogP contribution is -2.15. The van der Waals surface area contributed by atoms with Crippen LogP contribution in [0.2, 0.25) is 0 Å². The number of rotatable bonds is 4. The van der Waals surface area contributed by atoms with E-state index >= 15 is 0 Å². The standard InChI is InChI=1S/C5H10Cl2O/c1-2-8-5(3-6)4-7/h5H,2-4H2,1H3. The Kier molecular flexibility index (Phi) is 6.06. The molecule has 0 saturated carbocycles. The molecule has 0 aliphatic carbocycles. The van der Waals surface area contributed by atoms with Crippen LogP contribution in [-0.2, 0) is 4.74 Å². The van der Waals surface area contributed by atoms with Gasteiger partial charge < -0.3 is 4.74 Å². The third-order valence-electron chi connectivity index (χ3n) is 0.747. The van der Waals surface area contributed by atoms with Crippen LogP contribution in [0.4, 0.5) is 0 Å². The quantitative estimate of drug-likeness (QED) is 0.566. The van der Waals surface area contributed by atoms with Crippen molar-refractivity contribution in [2.75, 3.05) is 18.4 Å². The summed E-state index contributed by atoms with van der Waals surface area (Å²) >= 11 is 10.9. The van der Waals surface area contributed by atoms with Crippen molar-refractivity contribution in [3.8, 4) is 0 Å². The molecule has 8 heavy (non-hydrogen) atoms. The van der Waals surface area contributed by atoms with Gasteiger partial charge in [-0.05, 0) is 6.92 Å². The normalized spacial score (nSPS) is 10.5. The summed E-state index contributed by atoms with van der Waals surface area (Å²) < 4.78 is 5.08. The highest BCUT2D eigenvalue weighted by molar-refractivity contribution is 6.21. The molecule has 50 valence electrons. The van der Waals surface area contributed by atoms with Crippen LogP contribution < -0.4 is 0 Å². The molecule has 0 aromatic carbocycles. The molecule has 0 aliphatic rings. The van der Waals surface area contributed by atoms with Gasteiger partial charge in [0.1, 0.15) is 0 Å². The van der Waals surface area contributed by atoms with Gasteiger partial charge in [0.15, 0.2) is 0 Å². The predicted molar refractivity (Wildman–Crippen MR) is 36.9 cm³/mol. The summed E-state index contributed by atoms with van der Waals surface area (Å²) in [4.78, 5) is 0. The van der Waals surface area contributed by atoms with Gasteiger partial charge in [0.2, 0.25) is 0 Å². The van der Waals surface area contributed by atoms with E-state index in [1.807, 2.05) is 6.92 Å². The third kappa shape index (κ3) is 3.53. The minimum Gasteiger partial charge on any atom is -0.376 e. The molecule has 0 radical (unpaired) electrons. The Balaban J connectivity index is 3.07. The van der Waals surface area contributed by atoms with Crippen molar-refractivity contribution >= 4 is 23.2 Å². The fourth-order valence-electron chi connectivity index (χ4n) is 0.366. The summed E-state index contributed by atoms with van der Waals surface area (Å²) in [7, 11) is 0. The minimum absolute atomic E-state index is 0.0309. The molecule has 0 bridgehead atoms. The number of ether oxygens (including phenoxy) is 1. The predicted octanol–water partition coefficient (Wildman–Crippen LogP) is 1.87. The van der Waals surface area contributed by atoms with E-state index in [9.17, 15) is 0 Å². The molecule has 0 atom stereocenters. The number of hydrogen-bond donors (Lipinski definition) is 0. The van der Waals surface area contributed by atoms with Gasteiger partial charge in [0.05, 0.1) is 6.10 Å². The highest BCUT2D eigenvalue weighted by Crippen LogP contribution is 1.96. The SMILES string of the molecule is CCOC(CCl)CCl. The first-order chi connectivity index (χ1) is 3.85. The average molecular weight is 157 g/mol. The largest absolute Gasteiger partial charge is 0.376 e. The molecule has 0 unspecified atom stereocenters. The minimum atomic E-state index is 0.0309. The van der Waals surface area contributed by atoms with Crippen molar-refractivity contribution < 1.29 is 4.74 Å². The van der Waals surface area contributed by atoms with E-state index in [0.717, 1.165) is 0 Å². The Hall–Kier alpha value is 0.540. The van der Waals surface area contributed by atoms with Gasteiger partial charge in [-0.15, -0.1) is 23.2 Å². The molecule has 0 heterocycles. The summed E-state index contributed by atoms with van der Waals surface area (Å²) in [5.74, 6) is 0.967. The zero-order chi connectivity index (χ0) is 6.41. The fraction of sp³-hybridized carbons (Fsp3) is 1.00. The third-order valence-corrected chi connectivity index (χ3v) is 1.43. The van der Waals surface area contributed by atoms with Crippen molar-refractivity contribution in [2.24, 2.45) is 0 Å². The Labute approximate surface area is 59.9 Å². The van der Waals surface area contributed by atoms with Crippen molar-refractivity contribution in [2.45, 2.75) is 13.0 Å². The van der Waals surface area contributed by atoms with Gasteiger partial charge in [-0.25, -0.2) is 0 Å². The van der Waals surface area contributed by atoms with Gasteiger partial charge >= 0.3 is 0 Å². The lowest BCUT2D eigenvalue weighted by atomic mass is 10.5. The maximum Gasteiger partial charge on any atom is 0.0845 e. The van der Waals surface area contributed by atoms with Crippen LogP contribution in [0.3, 0.4) is 0 Å². The van der Waals surface area contributed by atoms with Crippen LogP contribution in [0.25, 0.3) is 0 Å². The summed E-state index contributed by atoms with van der Waals surface area (Å²) in [6, 6.07) is 0. The van der Waals surface area contributed by atoms with Gasteiger partial charge in [0, 0.05) is 18.4 Å². The van der Waals surface area contributed by atoms with E-state index in [4.69, 9.17) is 27.9 Å². The summed E-state index contributed by atoms with van der Waals surface area (Å²) in [5.41, 5.74) is 0. The van der Waals surface area contributed by atoms with Crippen LogP contribution in [-0.4, -0.2) is 24.5 Å². The lowest BCUT2D eigenvalue weighted by molar-refractivity contribution is 0.0946. The second-order valence-corrected chi connectivity index (χ2v) is 2.00. The lowest BCUT2D eigenvalue weighted by Gasteiger charge is -2.07. The first-order valence-corrected chi connectivity index (χ1v) is 3.65. The summed E-state index contributed by atoms with van der Waals surface area (Å²) in [5, 5.41) is 0. The van der Waals surface area contributed by atoms with Crippen molar-refractivity contribution in [3.63, 3.8) is 0 Å². The van der Waals surface area contributed by atoms with Gasteiger partial charge in [-0.1, -0.05) is 0 Å². The Bertz CT molecular complexity index is 45.7. The molecular weight excluding hydrogens is 147 g/mol. The maximum absolute atomic E-state index is 5.44. The van der Waals surface area contributed by atoms with Crippen LogP contribution in [0, 0.1) is 0 Å². The number of hydrogen-bond acceptors (Lipinski definition) is 1. The van der Waals surface area contributed by atoms with Crippen molar-refractivity contribution in [1.29, 1.82) is 0 Å². The fourth-order valence-corrected chi connectivity index (χ4v) is 0.874. The van der Waals surface area contributed by atoms with Crippen LogP contribution >= 0.6 is 23.2 Å². The first-order valence-electron chi connectivity index (χ1n) is 2.58. The average Bonchev–Trinajstić information content (AvgIpc) is 1.83. The molecule has 0 aromatic rings. The second kappa shape index (κ2) is 5.67. The Morgan fingerprint density at radius 1 is 1.38 bits per heavy atom. The Morgan fingerprint density at radius 3 is 2.00 bits per heavy atom. The molecule has 1 nitrogen and oxygen atoms in total. The zero-order valence-electron chi connectivity index (χ0n) is 4.86. The van der Waals surface area contributed by atoms with E-state index in [-0.39, 0.29) is 6.10 Å². The van der Waals surface area contributed by atoms with E-state index < -0.39 is 0 Å². The second-order valence-electron chi connectivity index (χ2n) is 1.39. The Morgan fingerprint density at radius 2 is 1.88 bits per heavy atom. The highest BCUT2D eigenvalue weighted by atomic mass is 35.5. The van der Waals surface area contributed by atoms with Crippen molar-refractivity contribution in [3.05, 3.63) is 0 Å². The van der Waals surface area contributed by atoms with E-state index in [1.165, 1.54) is 0 Å². The van der Waals surface area contributed by atoms with Gasteiger partial charge in [-0.3, -0.25) is 0 Å². The smallest absolute Gasteiger partial charge is 0.0845 e. The molecule has 0 spiro atoms. The van der Waals surface area contributed by atoms with Gasteiger partial charge in [-0.2, -0.15) is 0 Å². The molecule has 0 fully saturated rings. The monoisotopic (exact) mass is 156 g/mol. The van der Waals surface area contributed by atoms with Crippen molar-refractivity contribution in [1.82, 2.24) is 0 Å². The molecule has 0 N–H and O–H groups in total. The topological polar surface area (TPSA) is 9.23 Å². The number of alkyl halides is 2. The molecule has 3 heteroatoms. The summed E-state index contributed by atoms with van der Waals surface area (Å²) in [6.45, 7) is 2.61. The first kappa shape index (κ1) is 8.54. The zero-order valence-corrected chi connectivity index (χ0v) is 6.37. The summed E-state index contributed by atoms with van der Waals surface area (Å²) in [6.07, 6.45) is 0.0309. The molecule has 0 amide bonds. The molecule has 0 rings (SSSR count). The molecule has 0 saturated heterocycles.